The van der Waals surface area contributed by atoms with Crippen molar-refractivity contribution in [2.24, 2.45) is 0 Å². The second kappa shape index (κ2) is 8.70. The molecule has 8 nitrogen and oxygen atoms in total. The van der Waals surface area contributed by atoms with Gasteiger partial charge in [-0.2, -0.15) is 0 Å². The van der Waals surface area contributed by atoms with Gasteiger partial charge in [-0.3, -0.25) is 25.0 Å². The van der Waals surface area contributed by atoms with Crippen LogP contribution in [0.3, 0.4) is 0 Å². The number of carboxylic acids is 1. The first-order valence-corrected chi connectivity index (χ1v) is 9.36. The molecule has 3 aromatic rings. The van der Waals surface area contributed by atoms with E-state index >= 15 is 0 Å². The van der Waals surface area contributed by atoms with Crippen LogP contribution in [0.2, 0.25) is 0 Å². The molecule has 0 fully saturated rings. The van der Waals surface area contributed by atoms with E-state index in [0.717, 1.165) is 10.0 Å². The number of benzene rings is 2. The zero-order valence-electron chi connectivity index (χ0n) is 15.0. The fourth-order valence-corrected chi connectivity index (χ4v) is 3.05. The van der Waals surface area contributed by atoms with Crippen LogP contribution in [-0.4, -0.2) is 21.5 Å². The minimum Gasteiger partial charge on any atom is -0.550 e. The van der Waals surface area contributed by atoms with Crippen LogP contribution in [0.15, 0.2) is 65.1 Å². The first kappa shape index (κ1) is 20.3. The molecule has 9 heteroatoms. The van der Waals surface area contributed by atoms with Crippen molar-refractivity contribution in [3.05, 3.63) is 86.5 Å². The van der Waals surface area contributed by atoms with Crippen molar-refractivity contribution in [2.75, 3.05) is 5.43 Å². The number of nitro benzene ring substituents is 1. The minimum absolute atomic E-state index is 0.118. The molecule has 3 rings (SSSR count). The lowest BCUT2D eigenvalue weighted by Crippen LogP contribution is -2.27. The van der Waals surface area contributed by atoms with E-state index in [1.165, 1.54) is 28.9 Å². The third-order valence-corrected chi connectivity index (χ3v) is 4.77. The normalized spacial score (nSPS) is 10.5. The van der Waals surface area contributed by atoms with E-state index in [2.05, 4.69) is 21.4 Å². The number of carbonyl (C=O) groups is 2. The zero-order chi connectivity index (χ0) is 21.0. The lowest BCUT2D eigenvalue weighted by Gasteiger charge is -2.15. The summed E-state index contributed by atoms with van der Waals surface area (Å²) in [5.41, 5.74) is 4.93. The number of carbonyl (C=O) groups excluding carboxylic acids is 2. The molecule has 0 unspecified atom stereocenters. The molecule has 29 heavy (non-hydrogen) atoms. The Morgan fingerprint density at radius 1 is 1.00 bits per heavy atom. The van der Waals surface area contributed by atoms with Gasteiger partial charge in [0.25, 0.3) is 11.6 Å². The highest BCUT2D eigenvalue weighted by Crippen LogP contribution is 2.24. The Kier molecular flexibility index (Phi) is 6.08. The Morgan fingerprint density at radius 2 is 1.66 bits per heavy atom. The predicted octanol–water partition coefficient (Wildman–Crippen LogP) is 2.89. The summed E-state index contributed by atoms with van der Waals surface area (Å²) in [6, 6.07) is 16.1. The van der Waals surface area contributed by atoms with Gasteiger partial charge in [0.2, 0.25) is 0 Å². The molecule has 1 heterocycles. The van der Waals surface area contributed by atoms with Crippen LogP contribution in [0.1, 0.15) is 22.5 Å². The van der Waals surface area contributed by atoms with Crippen LogP contribution in [0, 0.1) is 10.1 Å². The van der Waals surface area contributed by atoms with E-state index in [9.17, 15) is 24.8 Å². The number of nitrogens with zero attached hydrogens (tertiary/aromatic N) is 2. The molecule has 148 valence electrons. The molecule has 0 saturated carbocycles. The van der Waals surface area contributed by atoms with E-state index in [1.807, 2.05) is 24.3 Å². The molecule has 0 spiro atoms. The van der Waals surface area contributed by atoms with Crippen LogP contribution in [-0.2, 0) is 11.2 Å². The van der Waals surface area contributed by atoms with E-state index in [-0.39, 0.29) is 24.1 Å². The topological polar surface area (TPSA) is 117 Å². The van der Waals surface area contributed by atoms with Crippen LogP contribution < -0.4 is 10.5 Å². The second-order valence-electron chi connectivity index (χ2n) is 6.17. The van der Waals surface area contributed by atoms with Gasteiger partial charge in [0.15, 0.2) is 0 Å². The Labute approximate surface area is 174 Å². The zero-order valence-corrected chi connectivity index (χ0v) is 16.6. The van der Waals surface area contributed by atoms with Gasteiger partial charge in [-0.25, -0.2) is 0 Å². The largest absolute Gasteiger partial charge is 0.550 e. The number of amides is 1. The number of halogens is 1. The summed E-state index contributed by atoms with van der Waals surface area (Å²) >= 11 is 3.37. The van der Waals surface area contributed by atoms with Gasteiger partial charge in [0.1, 0.15) is 0 Å². The van der Waals surface area contributed by atoms with E-state index in [1.54, 1.807) is 12.1 Å². The molecular formula is C20H15BrN3O5-. The monoisotopic (exact) mass is 456 g/mol. The van der Waals surface area contributed by atoms with Gasteiger partial charge in [0.05, 0.1) is 10.6 Å². The average molecular weight is 457 g/mol. The quantitative estimate of drug-likeness (QED) is 0.433. The number of hydrogen-bond acceptors (Lipinski definition) is 5. The number of non-ortho nitro benzene ring substituents is 1. The van der Waals surface area contributed by atoms with Crippen LogP contribution in [0.4, 0.5) is 5.69 Å². The van der Waals surface area contributed by atoms with Gasteiger partial charge < -0.3 is 9.90 Å². The number of nitro groups is 1. The summed E-state index contributed by atoms with van der Waals surface area (Å²) in [4.78, 5) is 33.8. The maximum atomic E-state index is 12.7. The maximum Gasteiger partial charge on any atom is 0.270 e. The van der Waals surface area contributed by atoms with Crippen molar-refractivity contribution in [1.82, 2.24) is 4.68 Å². The number of hydrogen-bond donors (Lipinski definition) is 1. The Balaban J connectivity index is 1.93. The summed E-state index contributed by atoms with van der Waals surface area (Å²) in [6.07, 6.45) is -0.0312. The molecule has 0 bridgehead atoms. The molecule has 0 aliphatic rings. The molecule has 0 saturated heterocycles. The van der Waals surface area contributed by atoms with Gasteiger partial charge in [-0.05, 0) is 49.2 Å². The Morgan fingerprint density at radius 3 is 2.24 bits per heavy atom. The highest BCUT2D eigenvalue weighted by Gasteiger charge is 2.15. The molecule has 0 aliphatic heterocycles. The molecule has 0 atom stereocenters. The van der Waals surface area contributed by atoms with E-state index in [0.29, 0.717) is 11.4 Å². The summed E-state index contributed by atoms with van der Waals surface area (Å²) in [5.74, 6) is -1.67. The minimum atomic E-state index is -1.19. The molecule has 2 aromatic carbocycles. The summed E-state index contributed by atoms with van der Waals surface area (Å²) in [6.45, 7) is 0. The molecule has 0 radical (unpaired) electrons. The van der Waals surface area contributed by atoms with Crippen molar-refractivity contribution in [2.45, 2.75) is 12.8 Å². The number of carboxylic acid groups (broad SMARTS) is 1. The fourth-order valence-electron chi connectivity index (χ4n) is 2.78. The molecule has 1 N–H and O–H groups in total. The van der Waals surface area contributed by atoms with Crippen molar-refractivity contribution < 1.29 is 19.6 Å². The number of aryl methyl sites for hydroxylation is 1. The summed E-state index contributed by atoms with van der Waals surface area (Å²) in [5, 5.41) is 21.6. The third-order valence-electron chi connectivity index (χ3n) is 4.24. The highest BCUT2D eigenvalue weighted by atomic mass is 79.9. The summed E-state index contributed by atoms with van der Waals surface area (Å²) < 4.78 is 2.42. The first-order valence-electron chi connectivity index (χ1n) is 8.57. The molecular weight excluding hydrogens is 442 g/mol. The van der Waals surface area contributed by atoms with Gasteiger partial charge in [-0.15, -0.1) is 0 Å². The lowest BCUT2D eigenvalue weighted by atomic mass is 10.1. The molecule has 1 amide bonds. The first-order chi connectivity index (χ1) is 13.8. The smallest absolute Gasteiger partial charge is 0.270 e. The number of aromatic nitrogens is 1. The standard InChI is InChI=1S/C20H16BrN3O5/c21-15-5-1-13(2-6-15)18-11-9-16(10-12-19(25)26)23(18)22-20(27)14-3-7-17(8-4-14)24(28)29/h1-9,11H,10,12H2,(H,22,27)(H,25,26)/p-1. The number of nitrogens with one attached hydrogen (secondary N) is 1. The van der Waals surface area contributed by atoms with E-state index in [4.69, 9.17) is 0 Å². The maximum absolute atomic E-state index is 12.7. The summed E-state index contributed by atoms with van der Waals surface area (Å²) in [7, 11) is 0. The highest BCUT2D eigenvalue weighted by molar-refractivity contribution is 9.10. The van der Waals surface area contributed by atoms with Crippen molar-refractivity contribution >= 4 is 33.5 Å². The van der Waals surface area contributed by atoms with E-state index < -0.39 is 16.8 Å². The Bertz CT molecular complexity index is 1060. The SMILES string of the molecule is O=C([O-])CCc1ccc(-c2ccc(Br)cc2)n1NC(=O)c1ccc([N+](=O)[O-])cc1. The molecule has 1 aromatic heterocycles. The lowest BCUT2D eigenvalue weighted by molar-refractivity contribution is -0.384. The fraction of sp³-hybridized carbons (Fsp3) is 0.100. The van der Waals surface area contributed by atoms with Gasteiger partial charge in [-0.1, -0.05) is 28.1 Å². The predicted molar refractivity (Wildman–Crippen MR) is 108 cm³/mol. The average Bonchev–Trinajstić information content (AvgIpc) is 3.09. The third kappa shape index (κ3) is 4.88. The number of aliphatic carboxylic acids is 1. The number of rotatable bonds is 7. The Hall–Kier alpha value is -3.46. The van der Waals surface area contributed by atoms with Gasteiger partial charge >= 0.3 is 0 Å². The van der Waals surface area contributed by atoms with Crippen LogP contribution in [0.5, 0.6) is 0 Å². The van der Waals surface area contributed by atoms with Gasteiger partial charge in [0, 0.05) is 39.4 Å². The van der Waals surface area contributed by atoms with Crippen LogP contribution in [0.25, 0.3) is 11.3 Å². The molecule has 0 aliphatic carbocycles. The van der Waals surface area contributed by atoms with Crippen molar-refractivity contribution in [3.8, 4) is 11.3 Å². The van der Waals surface area contributed by atoms with Crippen LogP contribution >= 0.6 is 15.9 Å². The second-order valence-corrected chi connectivity index (χ2v) is 7.08. The van der Waals surface area contributed by atoms with Crippen molar-refractivity contribution in [1.29, 1.82) is 0 Å². The van der Waals surface area contributed by atoms with Crippen molar-refractivity contribution in [3.63, 3.8) is 0 Å².